The summed E-state index contributed by atoms with van der Waals surface area (Å²) in [5.41, 5.74) is 6.78. The number of hydrogen-bond acceptors (Lipinski definition) is 9. The van der Waals surface area contributed by atoms with Crippen LogP contribution in [0.25, 0.3) is 11.2 Å². The predicted molar refractivity (Wildman–Crippen MR) is 182 cm³/mol. The van der Waals surface area contributed by atoms with E-state index >= 15 is 0 Å². The van der Waals surface area contributed by atoms with Gasteiger partial charge < -0.3 is 20.9 Å². The fraction of sp³-hybridized carbons (Fsp3) is 0.806. The molecular formula is C31H50Cl2N8O3S. The summed E-state index contributed by atoms with van der Waals surface area (Å²) >= 11 is 0. The van der Waals surface area contributed by atoms with E-state index in [1.165, 1.54) is 12.8 Å². The highest BCUT2D eigenvalue weighted by molar-refractivity contribution is 7.89. The molecule has 2 bridgehead atoms. The van der Waals surface area contributed by atoms with Crippen LogP contribution in [0.3, 0.4) is 0 Å². The van der Waals surface area contributed by atoms with E-state index in [-0.39, 0.29) is 53.8 Å². The molecule has 11 nitrogen and oxygen atoms in total. The summed E-state index contributed by atoms with van der Waals surface area (Å²) in [5, 5.41) is 7.23. The Labute approximate surface area is 279 Å². The summed E-state index contributed by atoms with van der Waals surface area (Å²) < 4.78 is 31.2. The van der Waals surface area contributed by atoms with Crippen LogP contribution in [-0.2, 0) is 14.8 Å². The maximum absolute atomic E-state index is 13.7. The van der Waals surface area contributed by atoms with Crippen molar-refractivity contribution in [3.63, 3.8) is 0 Å². The van der Waals surface area contributed by atoms with Crippen LogP contribution < -0.4 is 16.4 Å². The number of sulfonamides is 1. The third kappa shape index (κ3) is 6.19. The second-order valence-corrected chi connectivity index (χ2v) is 16.6. The van der Waals surface area contributed by atoms with Gasteiger partial charge in [0.25, 0.3) is 0 Å². The van der Waals surface area contributed by atoms with Crippen molar-refractivity contribution in [3.05, 3.63) is 6.33 Å². The van der Waals surface area contributed by atoms with Gasteiger partial charge in [0.1, 0.15) is 5.78 Å². The maximum atomic E-state index is 13.7. The van der Waals surface area contributed by atoms with Gasteiger partial charge >= 0.3 is 0 Å². The standard InChI is InChI=1S/C31H48N8O3S.2ClH/c1-30(2)20-11-14-31(30,25(40)17-20)18-43(41,42)38-15-12-23(13-16-38)34-27-26-28(39(19-33-26)24-5-3-4-6-24)37-29(36-27)35-22-9-7-21(32)8-10-22;;/h19-24H,3-18,32H2,1-2H3,(H2,34,35,36,37);2*1H/t20-,21?,22?,31+;;/m1../s1. The normalized spacial score (nSPS) is 30.7. The molecule has 4 aliphatic carbocycles. The quantitative estimate of drug-likeness (QED) is 0.347. The molecule has 2 atom stereocenters. The number of Topliss-reactive ketones (excluding diaryl/α,β-unsaturated/α-hetero) is 1. The van der Waals surface area contributed by atoms with Crippen LogP contribution in [0.4, 0.5) is 11.8 Å². The van der Waals surface area contributed by atoms with Crippen LogP contribution in [-0.4, -0.2) is 75.0 Å². The van der Waals surface area contributed by atoms with Gasteiger partial charge in [0, 0.05) is 49.1 Å². The summed E-state index contributed by atoms with van der Waals surface area (Å²) in [5.74, 6) is 1.74. The Hall–Kier alpha value is -1.73. The van der Waals surface area contributed by atoms with Crippen molar-refractivity contribution in [1.82, 2.24) is 23.8 Å². The molecule has 0 spiro atoms. The molecule has 3 heterocycles. The van der Waals surface area contributed by atoms with Gasteiger partial charge in [0.05, 0.1) is 12.1 Å². The minimum atomic E-state index is -3.55. The molecule has 14 heteroatoms. The van der Waals surface area contributed by atoms with Crippen molar-refractivity contribution < 1.29 is 13.2 Å². The fourth-order valence-electron chi connectivity index (χ4n) is 8.96. The molecule has 1 aliphatic heterocycles. The van der Waals surface area contributed by atoms with E-state index in [4.69, 9.17) is 20.7 Å². The Morgan fingerprint density at radius 1 is 0.933 bits per heavy atom. The van der Waals surface area contributed by atoms with Crippen LogP contribution in [0.15, 0.2) is 6.33 Å². The molecule has 1 saturated heterocycles. The first-order valence-corrected chi connectivity index (χ1v) is 18.2. The molecule has 2 aromatic rings. The molecule has 0 unspecified atom stereocenters. The number of nitrogens with zero attached hydrogens (tertiary/aromatic N) is 5. The number of halogens is 2. The first kappa shape index (κ1) is 34.6. The summed E-state index contributed by atoms with van der Waals surface area (Å²) in [7, 11) is -3.55. The lowest BCUT2D eigenvalue weighted by Crippen LogP contribution is -2.49. The number of carbonyl (C=O) groups is 1. The number of nitrogens with two attached hydrogens (primary N) is 1. The zero-order chi connectivity index (χ0) is 30.0. The van der Waals surface area contributed by atoms with Gasteiger partial charge in [0.15, 0.2) is 17.0 Å². The molecular weight excluding hydrogens is 635 g/mol. The monoisotopic (exact) mass is 684 g/mol. The number of hydrogen-bond donors (Lipinski definition) is 3. The number of fused-ring (bicyclic) bond motifs is 3. The Balaban J connectivity index is 0.00000200. The van der Waals surface area contributed by atoms with Gasteiger partial charge in [-0.3, -0.25) is 4.79 Å². The first-order chi connectivity index (χ1) is 20.6. The van der Waals surface area contributed by atoms with Crippen molar-refractivity contribution in [2.75, 3.05) is 29.5 Å². The molecule has 252 valence electrons. The van der Waals surface area contributed by atoms with E-state index in [9.17, 15) is 13.2 Å². The van der Waals surface area contributed by atoms with Crippen molar-refractivity contribution in [1.29, 1.82) is 0 Å². The highest BCUT2D eigenvalue weighted by Gasteiger charge is 2.65. The van der Waals surface area contributed by atoms with Crippen LogP contribution in [0.1, 0.15) is 103 Å². The lowest BCUT2D eigenvalue weighted by Gasteiger charge is -2.39. The molecule has 0 amide bonds. The van der Waals surface area contributed by atoms with E-state index in [0.29, 0.717) is 68.5 Å². The Bertz CT molecular complexity index is 1480. The van der Waals surface area contributed by atoms with Gasteiger partial charge in [0.2, 0.25) is 16.0 Å². The lowest BCUT2D eigenvalue weighted by molar-refractivity contribution is -0.128. The van der Waals surface area contributed by atoms with E-state index in [1.54, 1.807) is 4.31 Å². The largest absolute Gasteiger partial charge is 0.365 e. The number of anilines is 2. The van der Waals surface area contributed by atoms with E-state index in [2.05, 4.69) is 29.0 Å². The van der Waals surface area contributed by atoms with E-state index < -0.39 is 15.4 Å². The van der Waals surface area contributed by atoms with Crippen molar-refractivity contribution in [2.45, 2.75) is 121 Å². The molecule has 45 heavy (non-hydrogen) atoms. The van der Waals surface area contributed by atoms with Gasteiger partial charge in [-0.15, -0.1) is 24.8 Å². The summed E-state index contributed by atoms with van der Waals surface area (Å²) in [6, 6.07) is 1.05. The average Bonchev–Trinajstić information content (AvgIpc) is 3.73. The summed E-state index contributed by atoms with van der Waals surface area (Å²) in [4.78, 5) is 27.7. The molecule has 2 aromatic heterocycles. The zero-order valence-corrected chi connectivity index (χ0v) is 29.0. The molecule has 7 rings (SSSR count). The third-order valence-electron chi connectivity index (χ3n) is 12.0. The van der Waals surface area contributed by atoms with Crippen LogP contribution in [0, 0.1) is 16.7 Å². The van der Waals surface area contributed by atoms with Crippen molar-refractivity contribution in [3.8, 4) is 0 Å². The second kappa shape index (κ2) is 13.1. The molecule has 5 aliphatic rings. The zero-order valence-electron chi connectivity index (χ0n) is 26.5. The van der Waals surface area contributed by atoms with Crippen LogP contribution >= 0.6 is 24.8 Å². The molecule has 5 fully saturated rings. The van der Waals surface area contributed by atoms with Gasteiger partial charge in [-0.2, -0.15) is 9.97 Å². The lowest BCUT2D eigenvalue weighted by atomic mass is 9.70. The second-order valence-electron chi connectivity index (χ2n) is 14.7. The minimum absolute atomic E-state index is 0. The number of aromatic nitrogens is 4. The van der Waals surface area contributed by atoms with Crippen LogP contribution in [0.2, 0.25) is 0 Å². The van der Waals surface area contributed by atoms with Crippen LogP contribution in [0.5, 0.6) is 0 Å². The number of nitrogens with one attached hydrogen (secondary N) is 2. The highest BCUT2D eigenvalue weighted by atomic mass is 35.5. The van der Waals surface area contributed by atoms with Crippen molar-refractivity contribution in [2.24, 2.45) is 22.5 Å². The highest BCUT2D eigenvalue weighted by Crippen LogP contribution is 2.64. The molecule has 4 saturated carbocycles. The van der Waals surface area contributed by atoms with E-state index in [0.717, 1.165) is 56.1 Å². The van der Waals surface area contributed by atoms with Gasteiger partial charge in [-0.1, -0.05) is 26.7 Å². The van der Waals surface area contributed by atoms with Gasteiger partial charge in [-0.25, -0.2) is 17.7 Å². The first-order valence-electron chi connectivity index (χ1n) is 16.6. The molecule has 0 radical (unpaired) electrons. The topological polar surface area (TPSA) is 148 Å². The van der Waals surface area contributed by atoms with Gasteiger partial charge in [-0.05, 0) is 75.5 Å². The number of piperidine rings is 1. The smallest absolute Gasteiger partial charge is 0.227 e. The van der Waals surface area contributed by atoms with E-state index in [1.807, 2.05) is 6.33 Å². The molecule has 0 aromatic carbocycles. The fourth-order valence-corrected chi connectivity index (χ4v) is 11.2. The predicted octanol–water partition coefficient (Wildman–Crippen LogP) is 5.07. The number of ketones is 1. The number of imidazole rings is 1. The maximum Gasteiger partial charge on any atom is 0.227 e. The third-order valence-corrected chi connectivity index (χ3v) is 14.0. The number of carbonyl (C=O) groups excluding carboxylic acids is 1. The Morgan fingerprint density at radius 3 is 2.22 bits per heavy atom. The Kier molecular flexibility index (Phi) is 10.0. The molecule has 4 N–H and O–H groups in total. The summed E-state index contributed by atoms with van der Waals surface area (Å²) in [6.45, 7) is 5.08. The van der Waals surface area contributed by atoms with Crippen molar-refractivity contribution >= 4 is 63.6 Å². The SMILES string of the molecule is CC1(C)[C@@H]2CC[C@]1(CS(=O)(=O)N1CCC(Nc3nc(NC4CCC(N)CC4)nc4c3ncn4C3CCCC3)CC1)C(=O)C2.Cl.Cl. The number of rotatable bonds is 8. The minimum Gasteiger partial charge on any atom is -0.365 e. The Morgan fingerprint density at radius 2 is 1.60 bits per heavy atom. The summed E-state index contributed by atoms with van der Waals surface area (Å²) in [6.07, 6.45) is 14.2. The average molecular weight is 686 g/mol.